The minimum atomic E-state index is 0.380. The van der Waals surface area contributed by atoms with Crippen molar-refractivity contribution in [2.45, 2.75) is 13.8 Å². The quantitative estimate of drug-likeness (QED) is 0.663. The van der Waals surface area contributed by atoms with E-state index in [1.807, 2.05) is 50.2 Å². The van der Waals surface area contributed by atoms with Crippen LogP contribution in [0.1, 0.15) is 11.1 Å². The number of nitrogens with one attached hydrogen (secondary N) is 2. The van der Waals surface area contributed by atoms with Crippen molar-refractivity contribution in [3.05, 3.63) is 63.8 Å². The first-order valence-electron chi connectivity index (χ1n) is 7.28. The van der Waals surface area contributed by atoms with Crippen molar-refractivity contribution >= 4 is 46.3 Å². The fourth-order valence-corrected chi connectivity index (χ4v) is 2.49. The highest BCUT2D eigenvalue weighted by molar-refractivity contribution is 6.31. The third-order valence-electron chi connectivity index (χ3n) is 3.54. The van der Waals surface area contributed by atoms with E-state index in [-0.39, 0.29) is 0 Å². The predicted octanol–water partition coefficient (Wildman–Crippen LogP) is 5.28. The van der Waals surface area contributed by atoms with Gasteiger partial charge in [-0.05, 0) is 49.2 Å². The molecule has 1 aromatic heterocycles. The smallest absolute Gasteiger partial charge is 0.249 e. The van der Waals surface area contributed by atoms with Crippen LogP contribution in [-0.4, -0.2) is 15.2 Å². The number of hydrogen-bond acceptors (Lipinski definition) is 5. The number of hydrogen-bond donors (Lipinski definition) is 2. The van der Waals surface area contributed by atoms with Gasteiger partial charge in [-0.2, -0.15) is 10.1 Å². The number of nitrogens with zero attached hydrogens (tertiary/aromatic N) is 3. The highest BCUT2D eigenvalue weighted by Gasteiger charge is 2.07. The van der Waals surface area contributed by atoms with E-state index in [2.05, 4.69) is 25.8 Å². The number of halogens is 2. The van der Waals surface area contributed by atoms with Crippen LogP contribution in [0.5, 0.6) is 0 Å². The number of anilines is 4. The predicted molar refractivity (Wildman–Crippen MR) is 98.8 cm³/mol. The Morgan fingerprint density at radius 1 is 0.958 bits per heavy atom. The van der Waals surface area contributed by atoms with Gasteiger partial charge in [-0.15, -0.1) is 5.10 Å². The van der Waals surface area contributed by atoms with E-state index in [1.54, 1.807) is 6.20 Å². The lowest BCUT2D eigenvalue weighted by atomic mass is 10.2. The van der Waals surface area contributed by atoms with E-state index in [9.17, 15) is 0 Å². The molecule has 0 aliphatic rings. The third-order valence-corrected chi connectivity index (χ3v) is 4.18. The molecular weight excluding hydrogens is 345 g/mol. The molecule has 0 saturated carbocycles. The fraction of sp³-hybridized carbons (Fsp3) is 0.118. The Morgan fingerprint density at radius 3 is 2.62 bits per heavy atom. The average molecular weight is 360 g/mol. The maximum atomic E-state index is 6.14. The second-order valence-electron chi connectivity index (χ2n) is 5.29. The molecule has 0 spiro atoms. The lowest BCUT2D eigenvalue weighted by Gasteiger charge is -2.11. The Kier molecular flexibility index (Phi) is 4.83. The van der Waals surface area contributed by atoms with Crippen molar-refractivity contribution in [2.75, 3.05) is 10.6 Å². The number of aryl methyl sites for hydroxylation is 1. The maximum absolute atomic E-state index is 6.14. The molecule has 5 nitrogen and oxygen atoms in total. The summed E-state index contributed by atoms with van der Waals surface area (Å²) in [5.41, 5.74) is 3.68. The van der Waals surface area contributed by atoms with Crippen molar-refractivity contribution in [1.82, 2.24) is 15.2 Å². The largest absolute Gasteiger partial charge is 0.339 e. The molecule has 0 bridgehead atoms. The first kappa shape index (κ1) is 16.5. The zero-order valence-electron chi connectivity index (χ0n) is 13.1. The average Bonchev–Trinajstić information content (AvgIpc) is 2.56. The van der Waals surface area contributed by atoms with Crippen molar-refractivity contribution in [1.29, 1.82) is 0 Å². The Morgan fingerprint density at radius 2 is 1.79 bits per heavy atom. The zero-order valence-corrected chi connectivity index (χ0v) is 14.7. The summed E-state index contributed by atoms with van der Waals surface area (Å²) >= 11 is 12.2. The molecule has 0 atom stereocenters. The maximum Gasteiger partial charge on any atom is 0.249 e. The molecular formula is C17H15Cl2N5. The molecule has 24 heavy (non-hydrogen) atoms. The van der Waals surface area contributed by atoms with Gasteiger partial charge in [-0.25, -0.2) is 0 Å². The summed E-state index contributed by atoms with van der Waals surface area (Å²) in [5, 5.41) is 15.6. The van der Waals surface area contributed by atoms with Crippen LogP contribution in [0.15, 0.2) is 42.6 Å². The second-order valence-corrected chi connectivity index (χ2v) is 6.13. The molecule has 0 amide bonds. The Labute approximate surface area is 150 Å². The van der Waals surface area contributed by atoms with Gasteiger partial charge in [0.2, 0.25) is 5.95 Å². The molecule has 0 saturated heterocycles. The van der Waals surface area contributed by atoms with Gasteiger partial charge in [0.25, 0.3) is 0 Å². The summed E-state index contributed by atoms with van der Waals surface area (Å²) in [6.07, 6.45) is 1.55. The van der Waals surface area contributed by atoms with E-state index < -0.39 is 0 Å². The lowest BCUT2D eigenvalue weighted by Crippen LogP contribution is -2.03. The molecule has 1 heterocycles. The highest BCUT2D eigenvalue weighted by atomic mass is 35.5. The van der Waals surface area contributed by atoms with Crippen LogP contribution < -0.4 is 10.6 Å². The Bertz CT molecular complexity index is 863. The second kappa shape index (κ2) is 7.03. The molecule has 0 unspecified atom stereocenters. The van der Waals surface area contributed by atoms with Crippen molar-refractivity contribution in [2.24, 2.45) is 0 Å². The Hall–Kier alpha value is -2.37. The van der Waals surface area contributed by atoms with Gasteiger partial charge in [-0.1, -0.05) is 35.3 Å². The van der Waals surface area contributed by atoms with Crippen molar-refractivity contribution < 1.29 is 0 Å². The molecule has 0 aliphatic heterocycles. The summed E-state index contributed by atoms with van der Waals surface area (Å²) in [6.45, 7) is 3.91. The van der Waals surface area contributed by atoms with Crippen LogP contribution >= 0.6 is 23.2 Å². The monoisotopic (exact) mass is 359 g/mol. The van der Waals surface area contributed by atoms with Crippen molar-refractivity contribution in [3.63, 3.8) is 0 Å². The third kappa shape index (κ3) is 3.75. The number of rotatable bonds is 4. The zero-order chi connectivity index (χ0) is 17.1. The highest BCUT2D eigenvalue weighted by Crippen LogP contribution is 2.26. The van der Waals surface area contributed by atoms with Crippen LogP contribution in [0.2, 0.25) is 10.0 Å². The van der Waals surface area contributed by atoms with Gasteiger partial charge in [0.15, 0.2) is 5.82 Å². The molecule has 0 radical (unpaired) electrons. The van der Waals surface area contributed by atoms with Crippen molar-refractivity contribution in [3.8, 4) is 0 Å². The van der Waals surface area contributed by atoms with Crippen LogP contribution in [0.3, 0.4) is 0 Å². The molecule has 3 aromatic rings. The first-order valence-corrected chi connectivity index (χ1v) is 8.03. The molecule has 3 rings (SSSR count). The molecule has 7 heteroatoms. The van der Waals surface area contributed by atoms with Crippen LogP contribution in [0.25, 0.3) is 0 Å². The van der Waals surface area contributed by atoms with E-state index in [4.69, 9.17) is 23.2 Å². The summed E-state index contributed by atoms with van der Waals surface area (Å²) in [7, 11) is 0. The van der Waals surface area contributed by atoms with E-state index in [0.717, 1.165) is 22.5 Å². The van der Waals surface area contributed by atoms with E-state index in [0.29, 0.717) is 21.8 Å². The van der Waals surface area contributed by atoms with Gasteiger partial charge in [0, 0.05) is 21.4 Å². The van der Waals surface area contributed by atoms with E-state index >= 15 is 0 Å². The SMILES string of the molecule is Cc1ccc(Cl)cc1Nc1nncc(Nc2cccc(Cl)c2C)n1. The van der Waals surface area contributed by atoms with Gasteiger partial charge >= 0.3 is 0 Å². The van der Waals surface area contributed by atoms with Gasteiger partial charge < -0.3 is 10.6 Å². The normalized spacial score (nSPS) is 10.5. The number of benzene rings is 2. The molecule has 2 aromatic carbocycles. The van der Waals surface area contributed by atoms with Crippen LogP contribution in [0, 0.1) is 13.8 Å². The van der Waals surface area contributed by atoms with Crippen LogP contribution in [-0.2, 0) is 0 Å². The molecule has 2 N–H and O–H groups in total. The first-order chi connectivity index (χ1) is 11.5. The lowest BCUT2D eigenvalue weighted by molar-refractivity contribution is 0.981. The molecule has 0 fully saturated rings. The summed E-state index contributed by atoms with van der Waals surface area (Å²) in [5.74, 6) is 0.947. The van der Waals surface area contributed by atoms with Gasteiger partial charge in [0.05, 0.1) is 6.20 Å². The minimum Gasteiger partial charge on any atom is -0.339 e. The molecule has 122 valence electrons. The topological polar surface area (TPSA) is 62.7 Å². The van der Waals surface area contributed by atoms with Gasteiger partial charge in [-0.3, -0.25) is 0 Å². The standard InChI is InChI=1S/C17H15Cl2N5/c1-10-6-7-12(18)8-15(10)22-17-23-16(9-20-24-17)21-14-5-3-4-13(19)11(14)2/h3-9H,1-2H3,(H2,21,22,23,24). The number of aromatic nitrogens is 3. The van der Waals surface area contributed by atoms with E-state index in [1.165, 1.54) is 0 Å². The Balaban J connectivity index is 1.84. The minimum absolute atomic E-state index is 0.380. The summed E-state index contributed by atoms with van der Waals surface area (Å²) < 4.78 is 0. The van der Waals surface area contributed by atoms with Crippen LogP contribution in [0.4, 0.5) is 23.1 Å². The van der Waals surface area contributed by atoms with Gasteiger partial charge in [0.1, 0.15) is 0 Å². The summed E-state index contributed by atoms with van der Waals surface area (Å²) in [6, 6.07) is 11.2. The fourth-order valence-electron chi connectivity index (χ4n) is 2.15. The summed E-state index contributed by atoms with van der Waals surface area (Å²) in [4.78, 5) is 4.42. The molecule has 0 aliphatic carbocycles.